The van der Waals surface area contributed by atoms with E-state index in [1.165, 1.54) is 7.11 Å². The van der Waals surface area contributed by atoms with Crippen LogP contribution in [-0.2, 0) is 9.53 Å². The first-order valence-electron chi connectivity index (χ1n) is 6.71. The molecule has 1 aromatic carbocycles. The van der Waals surface area contributed by atoms with Crippen molar-refractivity contribution in [3.8, 4) is 17.2 Å². The predicted molar refractivity (Wildman–Crippen MR) is 79.1 cm³/mol. The molecule has 0 aliphatic carbocycles. The van der Waals surface area contributed by atoms with Gasteiger partial charge in [0.2, 0.25) is 5.75 Å². The monoisotopic (exact) mass is 297 g/mol. The van der Waals surface area contributed by atoms with Gasteiger partial charge in [0, 0.05) is 6.04 Å². The molecule has 0 aliphatic rings. The molecule has 0 bridgehead atoms. The third-order valence-electron chi connectivity index (χ3n) is 2.80. The van der Waals surface area contributed by atoms with E-state index in [2.05, 4.69) is 5.32 Å². The van der Waals surface area contributed by atoms with Crippen LogP contribution in [0.3, 0.4) is 0 Å². The van der Waals surface area contributed by atoms with E-state index < -0.39 is 6.04 Å². The van der Waals surface area contributed by atoms with Crippen LogP contribution in [0.2, 0.25) is 0 Å². The number of hydrogen-bond acceptors (Lipinski definition) is 6. The maximum absolute atomic E-state index is 11.8. The Morgan fingerprint density at radius 1 is 1.14 bits per heavy atom. The fourth-order valence-electron chi connectivity index (χ4n) is 1.85. The maximum Gasteiger partial charge on any atom is 0.326 e. The molecule has 1 rings (SSSR count). The zero-order valence-electron chi connectivity index (χ0n) is 13.1. The van der Waals surface area contributed by atoms with Crippen molar-refractivity contribution in [2.45, 2.75) is 25.9 Å². The van der Waals surface area contributed by atoms with Crippen LogP contribution in [0.4, 0.5) is 0 Å². The zero-order chi connectivity index (χ0) is 15.8. The highest BCUT2D eigenvalue weighted by molar-refractivity contribution is 5.75. The van der Waals surface area contributed by atoms with E-state index in [-0.39, 0.29) is 18.6 Å². The van der Waals surface area contributed by atoms with Crippen LogP contribution in [-0.4, -0.2) is 46.0 Å². The van der Waals surface area contributed by atoms with Gasteiger partial charge in [0.1, 0.15) is 12.6 Å². The van der Waals surface area contributed by atoms with E-state index in [0.717, 1.165) is 0 Å². The van der Waals surface area contributed by atoms with Crippen molar-refractivity contribution >= 4 is 5.97 Å². The summed E-state index contributed by atoms with van der Waals surface area (Å²) >= 11 is 0. The molecule has 0 aromatic heterocycles. The van der Waals surface area contributed by atoms with Crippen molar-refractivity contribution < 1.29 is 23.7 Å². The highest BCUT2D eigenvalue weighted by atomic mass is 16.5. The summed E-state index contributed by atoms with van der Waals surface area (Å²) in [7, 11) is 4.44. The minimum Gasteiger partial charge on any atom is -0.493 e. The topological polar surface area (TPSA) is 66.0 Å². The largest absolute Gasteiger partial charge is 0.493 e. The summed E-state index contributed by atoms with van der Waals surface area (Å²) in [6.07, 6.45) is 0. The van der Waals surface area contributed by atoms with E-state index in [9.17, 15) is 4.79 Å². The molecule has 1 atom stereocenters. The van der Waals surface area contributed by atoms with Crippen LogP contribution in [0.25, 0.3) is 0 Å². The number of ether oxygens (including phenoxy) is 4. The lowest BCUT2D eigenvalue weighted by Crippen LogP contribution is -2.45. The maximum atomic E-state index is 11.8. The number of para-hydroxylation sites is 1. The molecular formula is C15H23NO5. The summed E-state index contributed by atoms with van der Waals surface area (Å²) in [5.41, 5.74) is 0. The molecule has 0 heterocycles. The Kier molecular flexibility index (Phi) is 6.81. The molecule has 118 valence electrons. The Bertz CT molecular complexity index is 439. The van der Waals surface area contributed by atoms with Gasteiger partial charge in [-0.1, -0.05) is 19.9 Å². The first-order chi connectivity index (χ1) is 10.0. The Labute approximate surface area is 125 Å². The third-order valence-corrected chi connectivity index (χ3v) is 2.80. The average Bonchev–Trinajstić information content (AvgIpc) is 2.49. The lowest BCUT2D eigenvalue weighted by Gasteiger charge is -2.21. The van der Waals surface area contributed by atoms with Crippen LogP contribution in [0.1, 0.15) is 13.8 Å². The molecule has 0 saturated carbocycles. The first-order valence-corrected chi connectivity index (χ1v) is 6.71. The van der Waals surface area contributed by atoms with Crippen molar-refractivity contribution in [2.75, 3.05) is 27.9 Å². The second-order valence-corrected chi connectivity index (χ2v) is 4.70. The zero-order valence-corrected chi connectivity index (χ0v) is 13.1. The van der Waals surface area contributed by atoms with Gasteiger partial charge < -0.3 is 18.9 Å². The molecule has 0 saturated heterocycles. The molecule has 0 spiro atoms. The molecule has 6 nitrogen and oxygen atoms in total. The molecule has 0 amide bonds. The standard InChI is InChI=1S/C15H23NO5/c1-10(2)16-11(15(17)20-5)9-21-14-12(18-3)7-6-8-13(14)19-4/h6-8,10-11,16H,9H2,1-5H3. The van der Waals surface area contributed by atoms with Crippen molar-refractivity contribution in [2.24, 2.45) is 0 Å². The summed E-state index contributed by atoms with van der Waals surface area (Å²) in [5, 5.41) is 3.09. The summed E-state index contributed by atoms with van der Waals surface area (Å²) in [4.78, 5) is 11.8. The molecule has 1 aromatic rings. The van der Waals surface area contributed by atoms with Gasteiger partial charge in [-0.15, -0.1) is 0 Å². The van der Waals surface area contributed by atoms with Crippen LogP contribution in [0.15, 0.2) is 18.2 Å². The van der Waals surface area contributed by atoms with E-state index in [1.54, 1.807) is 32.4 Å². The summed E-state index contributed by atoms with van der Waals surface area (Å²) < 4.78 is 21.0. The van der Waals surface area contributed by atoms with Crippen LogP contribution in [0, 0.1) is 0 Å². The number of hydrogen-bond donors (Lipinski definition) is 1. The van der Waals surface area contributed by atoms with Crippen molar-refractivity contribution in [3.05, 3.63) is 18.2 Å². The van der Waals surface area contributed by atoms with Gasteiger partial charge in [0.15, 0.2) is 11.5 Å². The van der Waals surface area contributed by atoms with Crippen LogP contribution >= 0.6 is 0 Å². The summed E-state index contributed by atoms with van der Waals surface area (Å²) in [5.74, 6) is 1.17. The quantitative estimate of drug-likeness (QED) is 0.736. The van der Waals surface area contributed by atoms with Crippen molar-refractivity contribution in [1.29, 1.82) is 0 Å². The highest BCUT2D eigenvalue weighted by Crippen LogP contribution is 2.36. The highest BCUT2D eigenvalue weighted by Gasteiger charge is 2.22. The molecule has 6 heteroatoms. The van der Waals surface area contributed by atoms with E-state index in [4.69, 9.17) is 18.9 Å². The molecule has 1 unspecified atom stereocenters. The smallest absolute Gasteiger partial charge is 0.326 e. The van der Waals surface area contributed by atoms with E-state index in [1.807, 2.05) is 13.8 Å². The molecule has 0 aliphatic heterocycles. The minimum atomic E-state index is -0.565. The van der Waals surface area contributed by atoms with E-state index >= 15 is 0 Å². The molecule has 1 N–H and O–H groups in total. The van der Waals surface area contributed by atoms with Crippen molar-refractivity contribution in [1.82, 2.24) is 5.32 Å². The molecule has 21 heavy (non-hydrogen) atoms. The first kappa shape index (κ1) is 17.1. The molecular weight excluding hydrogens is 274 g/mol. The van der Waals surface area contributed by atoms with Gasteiger partial charge >= 0.3 is 5.97 Å². The Morgan fingerprint density at radius 3 is 2.14 bits per heavy atom. The number of methoxy groups -OCH3 is 3. The number of rotatable bonds is 8. The number of esters is 1. The number of carbonyl (C=O) groups excluding carboxylic acids is 1. The van der Waals surface area contributed by atoms with Gasteiger partial charge in [-0.25, -0.2) is 0 Å². The van der Waals surface area contributed by atoms with Crippen molar-refractivity contribution in [3.63, 3.8) is 0 Å². The normalized spacial score (nSPS) is 11.9. The fourth-order valence-corrected chi connectivity index (χ4v) is 1.85. The summed E-state index contributed by atoms with van der Waals surface area (Å²) in [6.45, 7) is 4.00. The van der Waals surface area contributed by atoms with Crippen LogP contribution < -0.4 is 19.5 Å². The Balaban J connectivity index is 2.86. The SMILES string of the molecule is COC(=O)C(COc1c(OC)cccc1OC)NC(C)C. The molecule has 0 radical (unpaired) electrons. The lowest BCUT2D eigenvalue weighted by molar-refractivity contribution is -0.144. The Morgan fingerprint density at radius 2 is 1.71 bits per heavy atom. The lowest BCUT2D eigenvalue weighted by atomic mass is 10.2. The second-order valence-electron chi connectivity index (χ2n) is 4.70. The Hall–Kier alpha value is -1.95. The van der Waals surface area contributed by atoms with Gasteiger partial charge in [-0.05, 0) is 12.1 Å². The minimum absolute atomic E-state index is 0.113. The van der Waals surface area contributed by atoms with Gasteiger partial charge in [-0.2, -0.15) is 0 Å². The van der Waals surface area contributed by atoms with Gasteiger partial charge in [0.05, 0.1) is 21.3 Å². The van der Waals surface area contributed by atoms with E-state index in [0.29, 0.717) is 17.2 Å². The fraction of sp³-hybridized carbons (Fsp3) is 0.533. The number of benzene rings is 1. The third kappa shape index (κ3) is 4.82. The summed E-state index contributed by atoms with van der Waals surface area (Å²) in [6, 6.07) is 4.89. The van der Waals surface area contributed by atoms with Gasteiger partial charge in [0.25, 0.3) is 0 Å². The number of carbonyl (C=O) groups is 1. The predicted octanol–water partition coefficient (Wildman–Crippen LogP) is 1.62. The van der Waals surface area contributed by atoms with Crippen LogP contribution in [0.5, 0.6) is 17.2 Å². The number of nitrogens with one attached hydrogen (secondary N) is 1. The molecule has 0 fully saturated rings. The second kappa shape index (κ2) is 8.36. The van der Waals surface area contributed by atoms with Gasteiger partial charge in [-0.3, -0.25) is 10.1 Å². The average molecular weight is 297 g/mol.